The number of amides is 1. The van der Waals surface area contributed by atoms with E-state index in [2.05, 4.69) is 29.2 Å². The maximum Gasteiger partial charge on any atom is 0.311 e. The number of piperidine rings is 1. The third-order valence-corrected chi connectivity index (χ3v) is 7.85. The minimum atomic E-state index is -0.676. The second-order valence-corrected chi connectivity index (χ2v) is 9.56. The fourth-order valence-corrected chi connectivity index (χ4v) is 6.01. The summed E-state index contributed by atoms with van der Waals surface area (Å²) in [7, 11) is 3.02. The van der Waals surface area contributed by atoms with Crippen LogP contribution in [-0.2, 0) is 38.6 Å². The number of rotatable bonds is 6. The number of fused-ring (bicyclic) bond motifs is 1. The Kier molecular flexibility index (Phi) is 6.32. The van der Waals surface area contributed by atoms with Gasteiger partial charge in [-0.15, -0.1) is 0 Å². The number of benzene rings is 2. The topological polar surface area (TPSA) is 68.3 Å². The van der Waals surface area contributed by atoms with Crippen LogP contribution in [0.5, 0.6) is 5.75 Å². The highest BCUT2D eigenvalue weighted by molar-refractivity contribution is 5.88. The van der Waals surface area contributed by atoms with Crippen molar-refractivity contribution in [3.8, 4) is 5.75 Å². The first-order valence-electron chi connectivity index (χ1n) is 12.0. The molecule has 5 rings (SSSR count). The lowest BCUT2D eigenvalue weighted by Crippen LogP contribution is -2.58. The number of carbonyl (C=O) groups excluding carboxylic acids is 2. The fourth-order valence-electron chi connectivity index (χ4n) is 6.01. The van der Waals surface area contributed by atoms with Crippen LogP contribution in [0.25, 0.3) is 0 Å². The van der Waals surface area contributed by atoms with E-state index in [-0.39, 0.29) is 24.9 Å². The van der Waals surface area contributed by atoms with E-state index in [0.717, 1.165) is 37.2 Å². The Bertz CT molecular complexity index is 1040. The van der Waals surface area contributed by atoms with Gasteiger partial charge in [0.05, 0.1) is 25.7 Å². The number of hydrogen-bond donors (Lipinski definition) is 0. The molecule has 0 bridgehead atoms. The summed E-state index contributed by atoms with van der Waals surface area (Å²) < 4.78 is 10.4. The van der Waals surface area contributed by atoms with Crippen LogP contribution in [-0.4, -0.2) is 60.7 Å². The Morgan fingerprint density at radius 2 is 1.71 bits per heavy atom. The highest BCUT2D eigenvalue weighted by atomic mass is 16.7. The van der Waals surface area contributed by atoms with Gasteiger partial charge in [-0.2, -0.15) is 0 Å². The van der Waals surface area contributed by atoms with Crippen LogP contribution in [0.2, 0.25) is 0 Å². The largest absolute Gasteiger partial charge is 0.497 e. The predicted octanol–water partition coefficient (Wildman–Crippen LogP) is 3.15. The fraction of sp³-hybridized carbons (Fsp3) is 0.481. The van der Waals surface area contributed by atoms with Gasteiger partial charge in [0.1, 0.15) is 12.4 Å². The van der Waals surface area contributed by atoms with Crippen LogP contribution in [0.4, 0.5) is 0 Å². The Labute approximate surface area is 200 Å². The van der Waals surface area contributed by atoms with Gasteiger partial charge in [-0.25, -0.2) is 5.06 Å². The summed E-state index contributed by atoms with van der Waals surface area (Å²) in [6.45, 7) is 1.87. The number of hydrogen-bond acceptors (Lipinski definition) is 6. The summed E-state index contributed by atoms with van der Waals surface area (Å²) in [4.78, 5) is 34.4. The molecule has 2 aromatic carbocycles. The Morgan fingerprint density at radius 1 is 1.00 bits per heavy atom. The van der Waals surface area contributed by atoms with Gasteiger partial charge in [-0.05, 0) is 54.5 Å². The molecule has 34 heavy (non-hydrogen) atoms. The van der Waals surface area contributed by atoms with E-state index >= 15 is 0 Å². The molecule has 1 amide bonds. The minimum Gasteiger partial charge on any atom is -0.497 e. The van der Waals surface area contributed by atoms with E-state index in [9.17, 15) is 9.59 Å². The van der Waals surface area contributed by atoms with Gasteiger partial charge in [-0.3, -0.25) is 19.3 Å². The first kappa shape index (κ1) is 22.9. The number of esters is 1. The van der Waals surface area contributed by atoms with Crippen molar-refractivity contribution >= 4 is 11.9 Å². The molecule has 180 valence electrons. The molecule has 1 unspecified atom stereocenters. The number of ether oxygens (including phenoxy) is 2. The quantitative estimate of drug-likeness (QED) is 0.612. The Hall–Kier alpha value is -2.90. The first-order chi connectivity index (χ1) is 16.5. The van der Waals surface area contributed by atoms with Crippen molar-refractivity contribution in [1.29, 1.82) is 0 Å². The van der Waals surface area contributed by atoms with E-state index in [0.29, 0.717) is 18.9 Å². The molecular weight excluding hydrogens is 432 g/mol. The number of nitrogens with zero attached hydrogens (tertiary/aromatic N) is 2. The summed E-state index contributed by atoms with van der Waals surface area (Å²) in [5, 5.41) is 1.51. The molecule has 7 nitrogen and oxygen atoms in total. The van der Waals surface area contributed by atoms with Gasteiger partial charge < -0.3 is 9.47 Å². The number of methoxy groups -OCH3 is 2. The number of hydroxylamine groups is 2. The van der Waals surface area contributed by atoms with Crippen molar-refractivity contribution in [3.63, 3.8) is 0 Å². The van der Waals surface area contributed by atoms with Crippen LogP contribution in [0, 0.1) is 5.92 Å². The van der Waals surface area contributed by atoms with Gasteiger partial charge in [0.2, 0.25) is 5.91 Å². The molecule has 2 heterocycles. The molecule has 0 aromatic heterocycles. The highest BCUT2D eigenvalue weighted by Gasteiger charge is 2.58. The van der Waals surface area contributed by atoms with Crippen molar-refractivity contribution in [2.24, 2.45) is 5.92 Å². The van der Waals surface area contributed by atoms with E-state index in [1.165, 1.54) is 23.3 Å². The zero-order valence-electron chi connectivity index (χ0n) is 19.9. The molecule has 2 aromatic rings. The summed E-state index contributed by atoms with van der Waals surface area (Å²) in [5.41, 5.74) is 3.09. The molecule has 2 saturated heterocycles. The molecule has 7 heteroatoms. The van der Waals surface area contributed by atoms with E-state index < -0.39 is 11.5 Å². The first-order valence-corrected chi connectivity index (χ1v) is 12.0. The van der Waals surface area contributed by atoms with Crippen LogP contribution >= 0.6 is 0 Å². The zero-order valence-corrected chi connectivity index (χ0v) is 19.9. The average molecular weight is 465 g/mol. The third-order valence-electron chi connectivity index (χ3n) is 7.85. The summed E-state index contributed by atoms with van der Waals surface area (Å²) >= 11 is 0. The maximum absolute atomic E-state index is 13.1. The van der Waals surface area contributed by atoms with Crippen LogP contribution in [0.3, 0.4) is 0 Å². The molecule has 2 aliphatic heterocycles. The van der Waals surface area contributed by atoms with Crippen LogP contribution in [0.15, 0.2) is 48.5 Å². The summed E-state index contributed by atoms with van der Waals surface area (Å²) in [6, 6.07) is 16.7. The van der Waals surface area contributed by atoms with Crippen LogP contribution < -0.4 is 4.74 Å². The average Bonchev–Trinajstić information content (AvgIpc) is 3.42. The lowest BCUT2D eigenvalue weighted by molar-refractivity contribution is -0.229. The lowest BCUT2D eigenvalue weighted by Gasteiger charge is -2.47. The number of carbonyl (C=O) groups is 2. The van der Waals surface area contributed by atoms with Gasteiger partial charge in [0.25, 0.3) is 0 Å². The van der Waals surface area contributed by atoms with E-state index in [1.807, 2.05) is 24.3 Å². The SMILES string of the molecule is COC(=O)C1CC(=O)N(OCc2cccc(OC)c2)C12CCN(C1Cc3ccccc3C1)CC2. The Balaban J connectivity index is 1.32. The molecular formula is C27H32N2O5. The Morgan fingerprint density at radius 3 is 2.35 bits per heavy atom. The monoisotopic (exact) mass is 464 g/mol. The van der Waals surface area contributed by atoms with Crippen molar-refractivity contribution in [2.45, 2.75) is 50.3 Å². The molecule has 3 aliphatic rings. The molecule has 0 radical (unpaired) electrons. The molecule has 1 atom stereocenters. The second kappa shape index (κ2) is 9.39. The molecule has 0 saturated carbocycles. The zero-order chi connectivity index (χ0) is 23.7. The van der Waals surface area contributed by atoms with E-state index in [1.54, 1.807) is 7.11 Å². The molecule has 0 N–H and O–H groups in total. The maximum atomic E-state index is 13.1. The molecule has 1 spiro atoms. The van der Waals surface area contributed by atoms with Crippen molar-refractivity contribution in [3.05, 3.63) is 65.2 Å². The van der Waals surface area contributed by atoms with Crippen molar-refractivity contribution < 1.29 is 23.9 Å². The molecule has 2 fully saturated rings. The third kappa shape index (κ3) is 4.07. The van der Waals surface area contributed by atoms with Crippen molar-refractivity contribution in [2.75, 3.05) is 27.3 Å². The van der Waals surface area contributed by atoms with Crippen molar-refractivity contribution in [1.82, 2.24) is 9.96 Å². The van der Waals surface area contributed by atoms with Gasteiger partial charge in [0.15, 0.2) is 0 Å². The van der Waals surface area contributed by atoms with Gasteiger partial charge in [0, 0.05) is 25.6 Å². The lowest BCUT2D eigenvalue weighted by atomic mass is 9.77. The normalized spacial score (nSPS) is 22.2. The predicted molar refractivity (Wildman–Crippen MR) is 126 cm³/mol. The summed E-state index contributed by atoms with van der Waals surface area (Å²) in [5.74, 6) is -0.261. The highest BCUT2D eigenvalue weighted by Crippen LogP contribution is 2.45. The number of likely N-dealkylation sites (tertiary alicyclic amines) is 1. The summed E-state index contributed by atoms with van der Waals surface area (Å²) in [6.07, 6.45) is 3.60. The smallest absolute Gasteiger partial charge is 0.311 e. The minimum absolute atomic E-state index is 0.125. The molecule has 1 aliphatic carbocycles. The van der Waals surface area contributed by atoms with Gasteiger partial charge >= 0.3 is 5.97 Å². The standard InChI is InChI=1S/C27H32N2O5/c1-32-23-9-5-6-19(14-23)18-34-29-25(30)17-24(26(31)33-2)27(29)10-12-28(13-11-27)22-15-20-7-3-4-8-21(20)16-22/h3-9,14,22,24H,10-13,15-18H2,1-2H3. The van der Waals surface area contributed by atoms with E-state index in [4.69, 9.17) is 14.3 Å². The second-order valence-electron chi connectivity index (χ2n) is 9.56. The van der Waals surface area contributed by atoms with Crippen LogP contribution in [0.1, 0.15) is 36.0 Å². The van der Waals surface area contributed by atoms with Gasteiger partial charge in [-0.1, -0.05) is 36.4 Å².